The SMILES string of the molecule is Cc1cc(C(=O)NC(C)CC2CC2)cc(S(=O)(=O)Cl)c1. The van der Waals surface area contributed by atoms with Crippen LogP contribution >= 0.6 is 10.7 Å². The van der Waals surface area contributed by atoms with Crippen LogP contribution in [0.2, 0.25) is 0 Å². The summed E-state index contributed by atoms with van der Waals surface area (Å²) in [6.07, 6.45) is 3.44. The molecule has 1 unspecified atom stereocenters. The molecule has 0 saturated heterocycles. The molecule has 110 valence electrons. The van der Waals surface area contributed by atoms with Crippen molar-refractivity contribution in [2.24, 2.45) is 5.92 Å². The Balaban J connectivity index is 2.14. The first-order chi connectivity index (χ1) is 9.25. The van der Waals surface area contributed by atoms with Crippen molar-refractivity contribution in [2.75, 3.05) is 0 Å². The van der Waals surface area contributed by atoms with Gasteiger partial charge in [-0.1, -0.05) is 12.8 Å². The van der Waals surface area contributed by atoms with Crippen LogP contribution in [-0.2, 0) is 9.05 Å². The molecular formula is C14H18ClNO3S. The van der Waals surface area contributed by atoms with E-state index in [0.717, 1.165) is 12.3 Å². The highest BCUT2D eigenvalue weighted by Crippen LogP contribution is 2.33. The van der Waals surface area contributed by atoms with Gasteiger partial charge in [0.15, 0.2) is 0 Å². The van der Waals surface area contributed by atoms with Crippen LogP contribution in [-0.4, -0.2) is 20.4 Å². The molecule has 1 aromatic carbocycles. The van der Waals surface area contributed by atoms with E-state index < -0.39 is 9.05 Å². The van der Waals surface area contributed by atoms with Gasteiger partial charge in [0.2, 0.25) is 0 Å². The Morgan fingerprint density at radius 2 is 2.05 bits per heavy atom. The molecule has 0 aliphatic heterocycles. The molecule has 0 radical (unpaired) electrons. The average molecular weight is 316 g/mol. The molecule has 1 atom stereocenters. The minimum atomic E-state index is -3.83. The number of amides is 1. The van der Waals surface area contributed by atoms with Gasteiger partial charge in [0, 0.05) is 22.3 Å². The lowest BCUT2D eigenvalue weighted by molar-refractivity contribution is 0.0937. The quantitative estimate of drug-likeness (QED) is 0.850. The fourth-order valence-corrected chi connectivity index (χ4v) is 3.10. The van der Waals surface area contributed by atoms with Gasteiger partial charge in [0.1, 0.15) is 0 Å². The molecule has 2 rings (SSSR count). The minimum absolute atomic E-state index is 0.0424. The second-order valence-corrected chi connectivity index (χ2v) is 8.09. The van der Waals surface area contributed by atoms with Crippen LogP contribution in [0.25, 0.3) is 0 Å². The lowest BCUT2D eigenvalue weighted by Crippen LogP contribution is -2.33. The van der Waals surface area contributed by atoms with E-state index in [-0.39, 0.29) is 16.8 Å². The third-order valence-electron chi connectivity index (χ3n) is 3.36. The number of hydrogen-bond donors (Lipinski definition) is 1. The third kappa shape index (κ3) is 4.21. The van der Waals surface area contributed by atoms with Gasteiger partial charge in [0.05, 0.1) is 4.90 Å². The van der Waals surface area contributed by atoms with Gasteiger partial charge in [-0.15, -0.1) is 0 Å². The van der Waals surface area contributed by atoms with Gasteiger partial charge < -0.3 is 5.32 Å². The lowest BCUT2D eigenvalue weighted by atomic mass is 10.1. The van der Waals surface area contributed by atoms with Crippen molar-refractivity contribution < 1.29 is 13.2 Å². The Labute approximate surface area is 123 Å². The van der Waals surface area contributed by atoms with Crippen LogP contribution in [0.15, 0.2) is 23.1 Å². The fraction of sp³-hybridized carbons (Fsp3) is 0.500. The smallest absolute Gasteiger partial charge is 0.261 e. The highest BCUT2D eigenvalue weighted by Gasteiger charge is 2.24. The summed E-state index contributed by atoms with van der Waals surface area (Å²) in [7, 11) is 1.50. The monoisotopic (exact) mass is 315 g/mol. The summed E-state index contributed by atoms with van der Waals surface area (Å²) < 4.78 is 22.7. The second kappa shape index (κ2) is 5.74. The minimum Gasteiger partial charge on any atom is -0.350 e. The van der Waals surface area contributed by atoms with Gasteiger partial charge in [-0.05, 0) is 49.9 Å². The Bertz CT molecular complexity index is 623. The largest absolute Gasteiger partial charge is 0.350 e. The summed E-state index contributed by atoms with van der Waals surface area (Å²) in [5.41, 5.74) is 1.01. The number of aryl methyl sites for hydroxylation is 1. The Morgan fingerprint density at radius 3 is 2.60 bits per heavy atom. The van der Waals surface area contributed by atoms with E-state index in [2.05, 4.69) is 5.32 Å². The number of nitrogens with one attached hydrogen (secondary N) is 1. The first-order valence-electron chi connectivity index (χ1n) is 6.63. The normalized spacial score (nSPS) is 16.8. The van der Waals surface area contributed by atoms with Crippen molar-refractivity contribution in [1.82, 2.24) is 5.32 Å². The van der Waals surface area contributed by atoms with Crippen molar-refractivity contribution in [2.45, 2.75) is 44.0 Å². The standard InChI is InChI=1S/C14H18ClNO3S/c1-9-5-12(8-13(6-9)20(15,18)19)14(17)16-10(2)7-11-3-4-11/h5-6,8,10-11H,3-4,7H2,1-2H3,(H,16,17). The van der Waals surface area contributed by atoms with Crippen LogP contribution in [0.1, 0.15) is 42.1 Å². The summed E-state index contributed by atoms with van der Waals surface area (Å²) >= 11 is 0. The molecule has 0 bridgehead atoms. The maximum Gasteiger partial charge on any atom is 0.261 e. The van der Waals surface area contributed by atoms with Crippen molar-refractivity contribution in [3.8, 4) is 0 Å². The molecule has 4 nitrogen and oxygen atoms in total. The maximum absolute atomic E-state index is 12.1. The average Bonchev–Trinajstić information content (AvgIpc) is 3.10. The number of carbonyl (C=O) groups excluding carboxylic acids is 1. The van der Waals surface area contributed by atoms with E-state index >= 15 is 0 Å². The first-order valence-corrected chi connectivity index (χ1v) is 8.94. The van der Waals surface area contributed by atoms with Crippen LogP contribution in [0.5, 0.6) is 0 Å². The number of benzene rings is 1. The molecule has 1 fully saturated rings. The fourth-order valence-electron chi connectivity index (χ4n) is 2.24. The van der Waals surface area contributed by atoms with E-state index in [1.54, 1.807) is 13.0 Å². The first kappa shape index (κ1) is 15.3. The van der Waals surface area contributed by atoms with Gasteiger partial charge >= 0.3 is 0 Å². The molecule has 1 saturated carbocycles. The summed E-state index contributed by atoms with van der Waals surface area (Å²) in [4.78, 5) is 12.1. The molecule has 1 aliphatic carbocycles. The van der Waals surface area contributed by atoms with Crippen LogP contribution in [0, 0.1) is 12.8 Å². The van der Waals surface area contributed by atoms with E-state index in [0.29, 0.717) is 11.1 Å². The lowest BCUT2D eigenvalue weighted by Gasteiger charge is -2.14. The highest BCUT2D eigenvalue weighted by atomic mass is 35.7. The predicted molar refractivity (Wildman–Crippen MR) is 78.5 cm³/mol. The third-order valence-corrected chi connectivity index (χ3v) is 4.69. The van der Waals surface area contributed by atoms with E-state index in [9.17, 15) is 13.2 Å². The zero-order valence-corrected chi connectivity index (χ0v) is 13.1. The number of hydrogen-bond acceptors (Lipinski definition) is 3. The maximum atomic E-state index is 12.1. The Morgan fingerprint density at radius 1 is 1.40 bits per heavy atom. The molecule has 1 aliphatic rings. The molecular weight excluding hydrogens is 298 g/mol. The predicted octanol–water partition coefficient (Wildman–Crippen LogP) is 2.84. The van der Waals surface area contributed by atoms with Crippen molar-refractivity contribution >= 4 is 25.6 Å². The Kier molecular flexibility index (Phi) is 4.39. The van der Waals surface area contributed by atoms with Gasteiger partial charge in [-0.25, -0.2) is 8.42 Å². The summed E-state index contributed by atoms with van der Waals surface area (Å²) in [6, 6.07) is 4.51. The topological polar surface area (TPSA) is 63.2 Å². The summed E-state index contributed by atoms with van der Waals surface area (Å²) in [5.74, 6) is 0.463. The van der Waals surface area contributed by atoms with Crippen molar-refractivity contribution in [3.63, 3.8) is 0 Å². The van der Waals surface area contributed by atoms with Gasteiger partial charge in [-0.3, -0.25) is 4.79 Å². The molecule has 1 amide bonds. The van der Waals surface area contributed by atoms with Crippen molar-refractivity contribution in [1.29, 1.82) is 0 Å². The molecule has 6 heteroatoms. The summed E-state index contributed by atoms with van der Waals surface area (Å²) in [5, 5.41) is 2.90. The molecule has 1 aromatic rings. The van der Waals surface area contributed by atoms with Gasteiger partial charge in [0.25, 0.3) is 15.0 Å². The van der Waals surface area contributed by atoms with Crippen LogP contribution in [0.3, 0.4) is 0 Å². The van der Waals surface area contributed by atoms with Crippen molar-refractivity contribution in [3.05, 3.63) is 29.3 Å². The number of carbonyl (C=O) groups is 1. The van der Waals surface area contributed by atoms with Gasteiger partial charge in [-0.2, -0.15) is 0 Å². The van der Waals surface area contributed by atoms with Crippen LogP contribution < -0.4 is 5.32 Å². The molecule has 0 heterocycles. The molecule has 20 heavy (non-hydrogen) atoms. The van der Waals surface area contributed by atoms with Crippen LogP contribution in [0.4, 0.5) is 0 Å². The highest BCUT2D eigenvalue weighted by molar-refractivity contribution is 8.13. The molecule has 1 N–H and O–H groups in total. The van der Waals surface area contributed by atoms with E-state index in [1.165, 1.54) is 25.0 Å². The zero-order valence-electron chi connectivity index (χ0n) is 11.5. The Hall–Kier alpha value is -1.07. The zero-order chi connectivity index (χ0) is 14.9. The molecule has 0 spiro atoms. The second-order valence-electron chi connectivity index (χ2n) is 5.53. The number of rotatable bonds is 5. The van der Waals surface area contributed by atoms with E-state index in [1.807, 2.05) is 6.92 Å². The summed E-state index contributed by atoms with van der Waals surface area (Å²) in [6.45, 7) is 3.70. The molecule has 0 aromatic heterocycles. The van der Waals surface area contributed by atoms with E-state index in [4.69, 9.17) is 10.7 Å². The number of halogens is 1.